The van der Waals surface area contributed by atoms with Crippen molar-refractivity contribution < 1.29 is 5.11 Å². The first-order valence-electron chi connectivity index (χ1n) is 4.06. The quantitative estimate of drug-likeness (QED) is 0.657. The molecule has 0 amide bonds. The van der Waals surface area contributed by atoms with Crippen LogP contribution in [0.25, 0.3) is 0 Å². The van der Waals surface area contributed by atoms with Crippen LogP contribution in [0.1, 0.15) is 19.3 Å². The average Bonchev–Trinajstić information content (AvgIpc) is 2.58. The Morgan fingerprint density at radius 2 is 2.30 bits per heavy atom. The van der Waals surface area contributed by atoms with Crippen molar-refractivity contribution in [2.45, 2.75) is 19.3 Å². The van der Waals surface area contributed by atoms with Gasteiger partial charge in [0.1, 0.15) is 0 Å². The number of hydrogen-bond acceptors (Lipinski definition) is 2. The van der Waals surface area contributed by atoms with E-state index in [1.807, 2.05) is 0 Å². The lowest BCUT2D eigenvalue weighted by molar-refractivity contribution is 0.166. The summed E-state index contributed by atoms with van der Waals surface area (Å²) in [5.41, 5.74) is 0.406. The van der Waals surface area contributed by atoms with Crippen molar-refractivity contribution in [2.75, 3.05) is 18.1 Å². The number of aliphatic hydroxyl groups is 1. The number of hydrogen-bond donors (Lipinski definition) is 1. The molecule has 1 heterocycles. The van der Waals surface area contributed by atoms with E-state index in [9.17, 15) is 0 Å². The number of rotatable bonds is 2. The maximum absolute atomic E-state index is 9.11. The molecule has 2 fully saturated rings. The van der Waals surface area contributed by atoms with Gasteiger partial charge in [0.25, 0.3) is 0 Å². The second-order valence-corrected chi connectivity index (χ2v) is 4.73. The van der Waals surface area contributed by atoms with E-state index in [1.165, 1.54) is 30.8 Å². The van der Waals surface area contributed by atoms with E-state index in [0.717, 1.165) is 5.92 Å². The molecule has 0 aromatic heterocycles. The summed E-state index contributed by atoms with van der Waals surface area (Å²) in [6.07, 6.45) is 3.93. The first-order chi connectivity index (χ1) is 4.87. The molecule has 1 saturated carbocycles. The van der Waals surface area contributed by atoms with Crippen LogP contribution < -0.4 is 0 Å². The van der Waals surface area contributed by atoms with Crippen LogP contribution in [-0.4, -0.2) is 23.2 Å². The summed E-state index contributed by atoms with van der Waals surface area (Å²) in [5, 5.41) is 9.11. The minimum atomic E-state index is 0.406. The second kappa shape index (κ2) is 2.42. The van der Waals surface area contributed by atoms with Crippen LogP contribution in [0, 0.1) is 11.3 Å². The lowest BCUT2D eigenvalue weighted by atomic mass is 9.89. The van der Waals surface area contributed by atoms with Gasteiger partial charge in [-0.05, 0) is 42.1 Å². The zero-order valence-corrected chi connectivity index (χ0v) is 6.99. The molecular formula is C8H14OS. The molecule has 1 aliphatic heterocycles. The monoisotopic (exact) mass is 158 g/mol. The van der Waals surface area contributed by atoms with E-state index in [2.05, 4.69) is 11.8 Å². The zero-order chi connectivity index (χ0) is 7.03. The van der Waals surface area contributed by atoms with Gasteiger partial charge >= 0.3 is 0 Å². The van der Waals surface area contributed by atoms with E-state index in [1.54, 1.807) is 0 Å². The van der Waals surface area contributed by atoms with Crippen molar-refractivity contribution in [2.24, 2.45) is 11.3 Å². The summed E-state index contributed by atoms with van der Waals surface area (Å²) < 4.78 is 0. The van der Waals surface area contributed by atoms with Crippen molar-refractivity contribution >= 4 is 11.8 Å². The highest BCUT2D eigenvalue weighted by molar-refractivity contribution is 7.99. The highest BCUT2D eigenvalue weighted by atomic mass is 32.2. The minimum Gasteiger partial charge on any atom is -0.396 e. The first-order valence-corrected chi connectivity index (χ1v) is 5.21. The third kappa shape index (κ3) is 0.978. The van der Waals surface area contributed by atoms with Crippen LogP contribution in [0.2, 0.25) is 0 Å². The Labute approximate surface area is 66.2 Å². The molecule has 2 aliphatic rings. The molecule has 10 heavy (non-hydrogen) atoms. The summed E-state index contributed by atoms with van der Waals surface area (Å²) in [6.45, 7) is 0.443. The van der Waals surface area contributed by atoms with E-state index < -0.39 is 0 Å². The molecule has 2 rings (SSSR count). The van der Waals surface area contributed by atoms with Crippen LogP contribution >= 0.6 is 11.8 Å². The Hall–Kier alpha value is 0.310. The van der Waals surface area contributed by atoms with Gasteiger partial charge in [-0.2, -0.15) is 11.8 Å². The van der Waals surface area contributed by atoms with Crippen LogP contribution in [0.5, 0.6) is 0 Å². The highest BCUT2D eigenvalue weighted by Gasteiger charge is 2.49. The van der Waals surface area contributed by atoms with Gasteiger partial charge in [-0.25, -0.2) is 0 Å². The molecule has 1 atom stereocenters. The van der Waals surface area contributed by atoms with Gasteiger partial charge in [0.05, 0.1) is 0 Å². The van der Waals surface area contributed by atoms with E-state index >= 15 is 0 Å². The zero-order valence-electron chi connectivity index (χ0n) is 6.18. The maximum Gasteiger partial charge on any atom is 0.0490 e. The predicted octanol–water partition coefficient (Wildman–Crippen LogP) is 1.51. The van der Waals surface area contributed by atoms with Gasteiger partial charge in [-0.15, -0.1) is 0 Å². The Balaban J connectivity index is 1.96. The summed E-state index contributed by atoms with van der Waals surface area (Å²) in [6, 6.07) is 0. The SMILES string of the molecule is OCC1(C2CCSC2)CC1. The molecule has 1 saturated heterocycles. The fraction of sp³-hybridized carbons (Fsp3) is 1.00. The standard InChI is InChI=1S/C8H14OS/c9-6-8(2-3-8)7-1-4-10-5-7/h7,9H,1-6H2. The Morgan fingerprint density at radius 3 is 2.70 bits per heavy atom. The third-order valence-electron chi connectivity index (χ3n) is 3.00. The molecule has 0 aromatic rings. The molecule has 1 N–H and O–H groups in total. The number of thioether (sulfide) groups is 1. The predicted molar refractivity (Wildman–Crippen MR) is 44.2 cm³/mol. The molecular weight excluding hydrogens is 144 g/mol. The van der Waals surface area contributed by atoms with Crippen molar-refractivity contribution in [1.29, 1.82) is 0 Å². The molecule has 1 aliphatic carbocycles. The first kappa shape index (κ1) is 6.99. The average molecular weight is 158 g/mol. The van der Waals surface area contributed by atoms with E-state index in [-0.39, 0.29) is 0 Å². The largest absolute Gasteiger partial charge is 0.396 e. The van der Waals surface area contributed by atoms with Crippen LogP contribution in [0.4, 0.5) is 0 Å². The van der Waals surface area contributed by atoms with Crippen LogP contribution in [-0.2, 0) is 0 Å². The third-order valence-corrected chi connectivity index (χ3v) is 4.17. The molecule has 0 spiro atoms. The smallest absolute Gasteiger partial charge is 0.0490 e. The van der Waals surface area contributed by atoms with Crippen LogP contribution in [0.3, 0.4) is 0 Å². The molecule has 1 nitrogen and oxygen atoms in total. The summed E-state index contributed by atoms with van der Waals surface area (Å²) in [7, 11) is 0. The molecule has 0 aromatic carbocycles. The maximum atomic E-state index is 9.11. The lowest BCUT2D eigenvalue weighted by Gasteiger charge is -2.18. The summed E-state index contributed by atoms with van der Waals surface area (Å²) in [5.74, 6) is 3.48. The fourth-order valence-corrected chi connectivity index (χ4v) is 3.30. The topological polar surface area (TPSA) is 20.2 Å². The minimum absolute atomic E-state index is 0.406. The van der Waals surface area contributed by atoms with Gasteiger partial charge in [0.15, 0.2) is 0 Å². The molecule has 0 bridgehead atoms. The molecule has 1 unspecified atom stereocenters. The van der Waals surface area contributed by atoms with Gasteiger partial charge in [0, 0.05) is 6.61 Å². The van der Waals surface area contributed by atoms with Crippen molar-refractivity contribution in [1.82, 2.24) is 0 Å². The Kier molecular flexibility index (Phi) is 1.69. The lowest BCUT2D eigenvalue weighted by Crippen LogP contribution is -2.19. The fourth-order valence-electron chi connectivity index (χ4n) is 1.87. The van der Waals surface area contributed by atoms with Crippen molar-refractivity contribution in [3.8, 4) is 0 Å². The molecule has 2 heteroatoms. The van der Waals surface area contributed by atoms with E-state index in [4.69, 9.17) is 5.11 Å². The van der Waals surface area contributed by atoms with Crippen LogP contribution in [0.15, 0.2) is 0 Å². The van der Waals surface area contributed by atoms with Gasteiger partial charge in [0.2, 0.25) is 0 Å². The number of aliphatic hydroxyl groups excluding tert-OH is 1. The Bertz CT molecular complexity index is 125. The Morgan fingerprint density at radius 1 is 1.50 bits per heavy atom. The van der Waals surface area contributed by atoms with Crippen molar-refractivity contribution in [3.63, 3.8) is 0 Å². The summed E-state index contributed by atoms with van der Waals surface area (Å²) in [4.78, 5) is 0. The highest BCUT2D eigenvalue weighted by Crippen LogP contribution is 2.55. The second-order valence-electron chi connectivity index (χ2n) is 3.58. The van der Waals surface area contributed by atoms with E-state index in [0.29, 0.717) is 12.0 Å². The molecule has 58 valence electrons. The van der Waals surface area contributed by atoms with Crippen molar-refractivity contribution in [3.05, 3.63) is 0 Å². The summed E-state index contributed by atoms with van der Waals surface area (Å²) >= 11 is 2.05. The van der Waals surface area contributed by atoms with Gasteiger partial charge in [-0.1, -0.05) is 0 Å². The molecule has 0 radical (unpaired) electrons. The normalized spacial score (nSPS) is 36.3. The van der Waals surface area contributed by atoms with Gasteiger partial charge < -0.3 is 5.11 Å². The van der Waals surface area contributed by atoms with Gasteiger partial charge in [-0.3, -0.25) is 0 Å².